The molecular weight excluding hydrogens is 282 g/mol. The highest BCUT2D eigenvalue weighted by Gasteiger charge is 2.03. The first kappa shape index (κ1) is 11.8. The van der Waals surface area contributed by atoms with E-state index in [9.17, 15) is 4.79 Å². The van der Waals surface area contributed by atoms with Crippen molar-refractivity contribution in [1.29, 1.82) is 0 Å². The Bertz CT molecular complexity index is 555. The molecule has 0 fully saturated rings. The number of aromatic nitrogens is 1. The number of halogens is 1. The third-order valence-corrected chi connectivity index (χ3v) is 2.74. The Labute approximate surface area is 108 Å². The molecule has 1 aromatic heterocycles. The van der Waals surface area contributed by atoms with E-state index in [-0.39, 0.29) is 0 Å². The van der Waals surface area contributed by atoms with Gasteiger partial charge in [-0.25, -0.2) is 0 Å². The lowest BCUT2D eigenvalue weighted by molar-refractivity contribution is 0.112. The van der Waals surface area contributed by atoms with Crippen molar-refractivity contribution in [3.05, 3.63) is 52.3 Å². The minimum atomic E-state index is 0.496. The topological polar surface area (TPSA) is 39.2 Å². The van der Waals surface area contributed by atoms with Crippen LogP contribution in [-0.2, 0) is 0 Å². The van der Waals surface area contributed by atoms with Crippen LogP contribution in [-0.4, -0.2) is 11.3 Å². The van der Waals surface area contributed by atoms with Crippen molar-refractivity contribution in [2.75, 3.05) is 0 Å². The second-order valence-corrected chi connectivity index (χ2v) is 4.50. The van der Waals surface area contributed by atoms with Gasteiger partial charge in [0.05, 0.1) is 6.20 Å². The van der Waals surface area contributed by atoms with Crippen molar-refractivity contribution in [3.63, 3.8) is 0 Å². The fourth-order valence-corrected chi connectivity index (χ4v) is 1.71. The molecule has 0 amide bonds. The summed E-state index contributed by atoms with van der Waals surface area (Å²) in [7, 11) is 0. The summed E-state index contributed by atoms with van der Waals surface area (Å²) in [5.41, 5.74) is 1.51. The van der Waals surface area contributed by atoms with Crippen molar-refractivity contribution >= 4 is 22.2 Å². The number of carbonyl (C=O) groups excluding carboxylic acids is 1. The van der Waals surface area contributed by atoms with E-state index in [0.29, 0.717) is 11.3 Å². The predicted octanol–water partition coefficient (Wildman–Crippen LogP) is 3.76. The van der Waals surface area contributed by atoms with Crippen molar-refractivity contribution in [2.45, 2.75) is 6.92 Å². The van der Waals surface area contributed by atoms with E-state index in [4.69, 9.17) is 4.74 Å². The van der Waals surface area contributed by atoms with Crippen LogP contribution in [0.15, 0.2) is 41.1 Å². The van der Waals surface area contributed by atoms with Crippen molar-refractivity contribution in [2.24, 2.45) is 0 Å². The maximum Gasteiger partial charge on any atom is 0.151 e. The molecule has 0 unspecified atom stereocenters. The van der Waals surface area contributed by atoms with Gasteiger partial charge in [-0.15, -0.1) is 0 Å². The first-order valence-corrected chi connectivity index (χ1v) is 5.82. The second kappa shape index (κ2) is 5.10. The van der Waals surface area contributed by atoms with Crippen LogP contribution in [0.1, 0.15) is 15.9 Å². The third-order valence-electron chi connectivity index (χ3n) is 2.25. The average molecular weight is 292 g/mol. The quantitative estimate of drug-likeness (QED) is 0.809. The molecule has 1 aromatic carbocycles. The van der Waals surface area contributed by atoms with Crippen LogP contribution in [0.3, 0.4) is 0 Å². The van der Waals surface area contributed by atoms with Gasteiger partial charge in [-0.05, 0) is 30.7 Å². The molecule has 0 bridgehead atoms. The van der Waals surface area contributed by atoms with Gasteiger partial charge in [-0.2, -0.15) is 0 Å². The SMILES string of the molecule is Cc1ccc(Br)cc1Oc1cncc(C=O)c1. The molecule has 2 rings (SSSR count). The number of hydrogen-bond acceptors (Lipinski definition) is 3. The summed E-state index contributed by atoms with van der Waals surface area (Å²) in [5, 5.41) is 0. The fourth-order valence-electron chi connectivity index (χ4n) is 1.37. The number of rotatable bonds is 3. The van der Waals surface area contributed by atoms with Crippen molar-refractivity contribution < 1.29 is 9.53 Å². The second-order valence-electron chi connectivity index (χ2n) is 3.58. The molecule has 0 aliphatic heterocycles. The van der Waals surface area contributed by atoms with Gasteiger partial charge in [0.25, 0.3) is 0 Å². The monoisotopic (exact) mass is 291 g/mol. The predicted molar refractivity (Wildman–Crippen MR) is 68.6 cm³/mol. The van der Waals surface area contributed by atoms with Gasteiger partial charge >= 0.3 is 0 Å². The smallest absolute Gasteiger partial charge is 0.151 e. The Hall–Kier alpha value is -1.68. The molecule has 86 valence electrons. The highest BCUT2D eigenvalue weighted by atomic mass is 79.9. The first-order chi connectivity index (χ1) is 8.19. The number of aryl methyl sites for hydroxylation is 1. The van der Waals surface area contributed by atoms with E-state index < -0.39 is 0 Å². The zero-order valence-electron chi connectivity index (χ0n) is 9.18. The van der Waals surface area contributed by atoms with Crippen molar-refractivity contribution in [3.8, 4) is 11.5 Å². The minimum Gasteiger partial charge on any atom is -0.455 e. The minimum absolute atomic E-state index is 0.496. The number of benzene rings is 1. The Balaban J connectivity index is 2.30. The number of ether oxygens (including phenoxy) is 1. The van der Waals surface area contributed by atoms with Crippen LogP contribution in [0.5, 0.6) is 11.5 Å². The van der Waals surface area contributed by atoms with E-state index in [1.165, 1.54) is 6.20 Å². The number of carbonyl (C=O) groups is 1. The van der Waals surface area contributed by atoms with Crippen LogP contribution in [0.25, 0.3) is 0 Å². The average Bonchev–Trinajstić information content (AvgIpc) is 2.34. The van der Waals surface area contributed by atoms with E-state index in [2.05, 4.69) is 20.9 Å². The lowest BCUT2D eigenvalue weighted by atomic mass is 10.2. The van der Waals surface area contributed by atoms with Gasteiger partial charge in [-0.3, -0.25) is 9.78 Å². The number of pyridine rings is 1. The molecule has 3 nitrogen and oxygen atoms in total. The highest BCUT2D eigenvalue weighted by molar-refractivity contribution is 9.10. The summed E-state index contributed by atoms with van der Waals surface area (Å²) in [6.07, 6.45) is 3.81. The van der Waals surface area contributed by atoms with Gasteiger partial charge in [0.15, 0.2) is 6.29 Å². The Kier molecular flexibility index (Phi) is 3.54. The van der Waals surface area contributed by atoms with Crippen LogP contribution >= 0.6 is 15.9 Å². The molecule has 0 radical (unpaired) electrons. The molecule has 0 spiro atoms. The van der Waals surface area contributed by atoms with E-state index in [0.717, 1.165) is 22.1 Å². The third kappa shape index (κ3) is 2.91. The maximum atomic E-state index is 10.6. The molecule has 0 atom stereocenters. The molecule has 0 aliphatic carbocycles. The Morgan fingerprint density at radius 1 is 1.29 bits per heavy atom. The normalized spacial score (nSPS) is 10.0. The largest absolute Gasteiger partial charge is 0.455 e. The molecule has 17 heavy (non-hydrogen) atoms. The summed E-state index contributed by atoms with van der Waals surface area (Å²) >= 11 is 3.39. The van der Waals surface area contributed by atoms with E-state index in [1.807, 2.05) is 25.1 Å². The molecule has 1 heterocycles. The maximum absolute atomic E-state index is 10.6. The summed E-state index contributed by atoms with van der Waals surface area (Å²) < 4.78 is 6.62. The standard InChI is InChI=1S/C13H10BrNO2/c1-9-2-3-11(14)5-13(9)17-12-4-10(8-16)6-15-7-12/h2-8H,1H3. The van der Waals surface area contributed by atoms with Gasteiger partial charge in [0.1, 0.15) is 11.5 Å². The Morgan fingerprint density at radius 3 is 2.88 bits per heavy atom. The molecule has 0 N–H and O–H groups in total. The molecule has 0 aliphatic rings. The fraction of sp³-hybridized carbons (Fsp3) is 0.0769. The lowest BCUT2D eigenvalue weighted by Crippen LogP contribution is -1.90. The molecular formula is C13H10BrNO2. The van der Waals surface area contributed by atoms with E-state index in [1.54, 1.807) is 12.3 Å². The summed E-state index contributed by atoms with van der Waals surface area (Å²) in [6, 6.07) is 7.43. The lowest BCUT2D eigenvalue weighted by Gasteiger charge is -2.08. The Morgan fingerprint density at radius 2 is 2.12 bits per heavy atom. The molecule has 4 heteroatoms. The summed E-state index contributed by atoms with van der Waals surface area (Å²) in [6.45, 7) is 1.96. The summed E-state index contributed by atoms with van der Waals surface area (Å²) in [5.74, 6) is 1.29. The highest BCUT2D eigenvalue weighted by Crippen LogP contribution is 2.27. The molecule has 0 saturated heterocycles. The number of nitrogens with zero attached hydrogens (tertiary/aromatic N) is 1. The number of aldehydes is 1. The zero-order chi connectivity index (χ0) is 12.3. The zero-order valence-corrected chi connectivity index (χ0v) is 10.8. The molecule has 2 aromatic rings. The van der Waals surface area contributed by atoms with Crippen LogP contribution < -0.4 is 4.74 Å². The van der Waals surface area contributed by atoms with Gasteiger partial charge in [0.2, 0.25) is 0 Å². The van der Waals surface area contributed by atoms with Crippen LogP contribution in [0.4, 0.5) is 0 Å². The van der Waals surface area contributed by atoms with Gasteiger partial charge in [-0.1, -0.05) is 22.0 Å². The van der Waals surface area contributed by atoms with Gasteiger partial charge < -0.3 is 4.74 Å². The van der Waals surface area contributed by atoms with Crippen LogP contribution in [0.2, 0.25) is 0 Å². The first-order valence-electron chi connectivity index (χ1n) is 5.03. The molecule has 0 saturated carbocycles. The van der Waals surface area contributed by atoms with Crippen LogP contribution in [0, 0.1) is 6.92 Å². The number of hydrogen-bond donors (Lipinski definition) is 0. The van der Waals surface area contributed by atoms with E-state index >= 15 is 0 Å². The summed E-state index contributed by atoms with van der Waals surface area (Å²) in [4.78, 5) is 14.6. The van der Waals surface area contributed by atoms with Crippen molar-refractivity contribution in [1.82, 2.24) is 4.98 Å². The van der Waals surface area contributed by atoms with Gasteiger partial charge in [0, 0.05) is 16.2 Å².